The second-order valence-electron chi connectivity index (χ2n) is 18.0. The molecule has 6 aromatic carbocycles. The summed E-state index contributed by atoms with van der Waals surface area (Å²) in [7, 11) is 11.0. The first-order chi connectivity index (χ1) is 26.4. The minimum atomic E-state index is -0.826. The van der Waals surface area contributed by atoms with Crippen LogP contribution in [0.1, 0.15) is 108 Å². The molecule has 0 amide bonds. The summed E-state index contributed by atoms with van der Waals surface area (Å²) in [5, 5.41) is 5.52. The van der Waals surface area contributed by atoms with E-state index in [-0.39, 0.29) is 5.41 Å². The van der Waals surface area contributed by atoms with Gasteiger partial charge in [-0.1, -0.05) is 126 Å². The van der Waals surface area contributed by atoms with Crippen molar-refractivity contribution in [3.05, 3.63) is 131 Å². The zero-order valence-corrected chi connectivity index (χ0v) is 39.4. The molecule has 4 heteroatoms. The van der Waals surface area contributed by atoms with Crippen molar-refractivity contribution in [2.24, 2.45) is 17.8 Å². The van der Waals surface area contributed by atoms with Crippen LogP contribution in [-0.4, -0.2) is 9.52 Å². The van der Waals surface area contributed by atoms with Gasteiger partial charge >= 0.3 is 37.9 Å². The first-order valence-corrected chi connectivity index (χ1v) is 28.9. The maximum atomic E-state index is 4.93. The number of benzene rings is 4. The van der Waals surface area contributed by atoms with Crippen molar-refractivity contribution in [3.63, 3.8) is 0 Å². The normalized spacial score (nSPS) is 21.0. The van der Waals surface area contributed by atoms with Crippen LogP contribution in [-0.2, 0) is 38.1 Å². The molecule has 0 heterocycles. The minimum absolute atomic E-state index is 0.204. The number of fused-ring (bicyclic) bond motifs is 2. The van der Waals surface area contributed by atoms with Gasteiger partial charge in [-0.05, 0) is 102 Å². The van der Waals surface area contributed by atoms with E-state index < -0.39 is 20.8 Å². The first-order valence-electron chi connectivity index (χ1n) is 20.6. The summed E-state index contributed by atoms with van der Waals surface area (Å²) in [6.07, 6.45) is 10.0. The molecule has 0 atom stereocenters. The molecule has 10 rings (SSSR count). The third kappa shape index (κ3) is 9.74. The van der Waals surface area contributed by atoms with Crippen LogP contribution < -0.4 is 0 Å². The van der Waals surface area contributed by atoms with E-state index in [0.717, 1.165) is 33.7 Å². The molecule has 0 nitrogen and oxygen atoms in total. The third-order valence-electron chi connectivity index (χ3n) is 12.6. The molecule has 6 aromatic rings. The van der Waals surface area contributed by atoms with Crippen molar-refractivity contribution in [3.8, 4) is 22.3 Å². The van der Waals surface area contributed by atoms with Crippen LogP contribution in [0.25, 0.3) is 43.8 Å². The van der Waals surface area contributed by atoms with Gasteiger partial charge in [0.15, 0.2) is 0 Å². The topological polar surface area (TPSA) is 0 Å². The average molecular weight is 863 g/mol. The van der Waals surface area contributed by atoms with Gasteiger partial charge in [0.2, 0.25) is 0 Å². The molecule has 0 aliphatic heterocycles. The van der Waals surface area contributed by atoms with Gasteiger partial charge in [0.25, 0.3) is 0 Å². The van der Waals surface area contributed by atoms with Crippen LogP contribution in [0, 0.1) is 17.8 Å². The molecule has 4 aliphatic carbocycles. The standard InChI is InChI=1S/C27H29.C22H25.C2H6Si.2ClH.Zr/c1-2-18-13-23-4-3-5-25(26(23)14-18)22-6-8-24(9-7-22)27-15-19-10-20(16-27)12-21(11-19)17-27;1-15(2)18-13-17-7-6-8-20(21(17)14-18)16-9-11-19(12-10-16)22(3,4)5;1-3-2;;;/h3-9,13-14,19-21H,2,10-12,15-17H2,1H3;6-15H,1-5H3;1-2H3;2*1H;/q2*-1;;;;+4/p-2. The predicted octanol–water partition coefficient (Wildman–Crippen LogP) is 16.1. The second-order valence-corrected chi connectivity index (χ2v) is 22.7. The summed E-state index contributed by atoms with van der Waals surface area (Å²) in [5.74, 6) is 3.62. The van der Waals surface area contributed by atoms with Crippen molar-refractivity contribution in [2.75, 3.05) is 0 Å². The molecule has 4 aliphatic rings. The zero-order chi connectivity index (χ0) is 39.3. The predicted molar refractivity (Wildman–Crippen MR) is 241 cm³/mol. The Morgan fingerprint density at radius 1 is 0.709 bits per heavy atom. The Morgan fingerprint density at radius 3 is 1.62 bits per heavy atom. The van der Waals surface area contributed by atoms with Gasteiger partial charge in [0, 0.05) is 9.52 Å². The van der Waals surface area contributed by atoms with Crippen molar-refractivity contribution >= 4 is 48.1 Å². The van der Waals surface area contributed by atoms with Crippen LogP contribution in [0.3, 0.4) is 0 Å². The molecular weight excluding hydrogens is 803 g/mol. The number of aryl methyl sites for hydroxylation is 1. The number of rotatable bonds is 5. The molecule has 0 aromatic heterocycles. The van der Waals surface area contributed by atoms with Gasteiger partial charge in [0.05, 0.1) is 0 Å². The average Bonchev–Trinajstić information content (AvgIpc) is 3.80. The summed E-state index contributed by atoms with van der Waals surface area (Å²) in [4.78, 5) is 0. The quantitative estimate of drug-likeness (QED) is 0.120. The number of hydrogen-bond acceptors (Lipinski definition) is 0. The van der Waals surface area contributed by atoms with E-state index in [4.69, 9.17) is 17.0 Å². The van der Waals surface area contributed by atoms with Crippen molar-refractivity contribution in [2.45, 2.75) is 116 Å². The maximum absolute atomic E-state index is 4.93. The summed E-state index contributed by atoms with van der Waals surface area (Å²) in [5.41, 5.74) is 12.0. The molecule has 4 fully saturated rings. The molecule has 2 radical (unpaired) electrons. The molecule has 4 bridgehead atoms. The summed E-state index contributed by atoms with van der Waals surface area (Å²) >= 11 is -0.826. The summed E-state index contributed by atoms with van der Waals surface area (Å²) in [6.45, 7) is 17.8. The fraction of sp³-hybridized carbons (Fsp3) is 0.412. The Labute approximate surface area is 354 Å². The molecule has 55 heavy (non-hydrogen) atoms. The van der Waals surface area contributed by atoms with Gasteiger partial charge in [-0.15, -0.1) is 69.1 Å². The molecule has 0 spiro atoms. The molecule has 0 saturated heterocycles. The van der Waals surface area contributed by atoms with Crippen LogP contribution in [0.15, 0.2) is 109 Å². The van der Waals surface area contributed by atoms with Gasteiger partial charge in [-0.25, -0.2) is 0 Å². The van der Waals surface area contributed by atoms with Gasteiger partial charge < -0.3 is 0 Å². The monoisotopic (exact) mass is 860 g/mol. The van der Waals surface area contributed by atoms with E-state index in [9.17, 15) is 0 Å². The second kappa shape index (κ2) is 18.6. The SMILES string of the molecule is CC(C)c1cc2c(-c3ccc(C(C)(C)C)cc3)cccc2[cH-]1.CCc1cc2c(-c3ccc(C45CC6CC(CC(C6)C4)C5)cc3)cccc2[cH-]1.C[Si]C.[Cl][Zr+2][Cl]. The Balaban J connectivity index is 0.000000167. The molecular formula is C51H60Cl2SiZr. The van der Waals surface area contributed by atoms with Gasteiger partial charge in [-0.3, -0.25) is 0 Å². The Hall–Kier alpha value is -2.22. The van der Waals surface area contributed by atoms with Crippen LogP contribution in [0.4, 0.5) is 0 Å². The van der Waals surface area contributed by atoms with E-state index >= 15 is 0 Å². The number of halogens is 2. The van der Waals surface area contributed by atoms with E-state index in [1.807, 2.05) is 0 Å². The number of hydrogen-bond donors (Lipinski definition) is 0. The van der Waals surface area contributed by atoms with Gasteiger partial charge in [-0.2, -0.15) is 12.1 Å². The van der Waals surface area contributed by atoms with Gasteiger partial charge in [0.1, 0.15) is 0 Å². The Kier molecular flexibility index (Phi) is 14.3. The van der Waals surface area contributed by atoms with E-state index in [2.05, 4.69) is 164 Å². The molecule has 0 unspecified atom stereocenters. The zero-order valence-electron chi connectivity index (χ0n) is 34.4. The first kappa shape index (κ1) is 42.4. The van der Waals surface area contributed by atoms with Crippen LogP contribution in [0.2, 0.25) is 13.1 Å². The van der Waals surface area contributed by atoms with E-state index in [0.29, 0.717) is 11.3 Å². The Bertz CT molecular complexity index is 2090. The van der Waals surface area contributed by atoms with Crippen molar-refractivity contribution in [1.29, 1.82) is 0 Å². The fourth-order valence-electron chi connectivity index (χ4n) is 10.2. The molecule has 0 N–H and O–H groups in total. The van der Waals surface area contributed by atoms with Crippen molar-refractivity contribution in [1.82, 2.24) is 0 Å². The summed E-state index contributed by atoms with van der Waals surface area (Å²) < 4.78 is 0. The van der Waals surface area contributed by atoms with E-state index in [1.54, 1.807) is 5.56 Å². The molecule has 286 valence electrons. The molecule has 4 saturated carbocycles. The van der Waals surface area contributed by atoms with Crippen molar-refractivity contribution < 1.29 is 20.8 Å². The Morgan fingerprint density at radius 2 is 1.16 bits per heavy atom. The van der Waals surface area contributed by atoms with Crippen LogP contribution in [0.5, 0.6) is 0 Å². The fourth-order valence-corrected chi connectivity index (χ4v) is 10.2. The van der Waals surface area contributed by atoms with E-state index in [1.165, 1.54) is 99.0 Å². The van der Waals surface area contributed by atoms with Crippen LogP contribution >= 0.6 is 17.0 Å². The summed E-state index contributed by atoms with van der Waals surface area (Å²) in [6, 6.07) is 41.6. The third-order valence-corrected chi connectivity index (χ3v) is 12.6.